The van der Waals surface area contributed by atoms with E-state index in [4.69, 9.17) is 0 Å². The highest BCUT2D eigenvalue weighted by molar-refractivity contribution is 5.92. The van der Waals surface area contributed by atoms with E-state index in [1.54, 1.807) is 24.3 Å². The Kier molecular flexibility index (Phi) is 7.60. The van der Waals surface area contributed by atoms with E-state index in [0.717, 1.165) is 17.7 Å². The highest BCUT2D eigenvalue weighted by Crippen LogP contribution is 2.52. The van der Waals surface area contributed by atoms with Crippen LogP contribution < -0.4 is 0 Å². The Labute approximate surface area is 242 Å². The van der Waals surface area contributed by atoms with Crippen LogP contribution in [0.3, 0.4) is 0 Å². The van der Waals surface area contributed by atoms with Crippen LogP contribution in [0, 0.1) is 18.1 Å². The Balaban J connectivity index is 1.65. The van der Waals surface area contributed by atoms with Gasteiger partial charge in [0, 0.05) is 59.1 Å². The number of allylic oxidation sites excluding steroid dienone is 5. The molecule has 8 heteroatoms. The summed E-state index contributed by atoms with van der Waals surface area (Å²) in [6.07, 6.45) is 7.07. The van der Waals surface area contributed by atoms with Crippen molar-refractivity contribution in [2.45, 2.75) is 38.0 Å². The van der Waals surface area contributed by atoms with Crippen LogP contribution in [0.15, 0.2) is 77.3 Å². The van der Waals surface area contributed by atoms with E-state index >= 15 is 0 Å². The lowest BCUT2D eigenvalue weighted by Crippen LogP contribution is -2.28. The molecule has 0 spiro atoms. The van der Waals surface area contributed by atoms with Crippen molar-refractivity contribution in [2.75, 3.05) is 0 Å². The van der Waals surface area contributed by atoms with Crippen molar-refractivity contribution in [2.24, 2.45) is 5.92 Å². The predicted molar refractivity (Wildman–Crippen MR) is 156 cm³/mol. The van der Waals surface area contributed by atoms with Crippen molar-refractivity contribution in [3.63, 3.8) is 0 Å². The largest absolute Gasteiger partial charge is 0.512 e. The number of hydrogen-bond donors (Lipinski definition) is 7. The normalized spacial score (nSPS) is 21.9. The summed E-state index contributed by atoms with van der Waals surface area (Å²) < 4.78 is 0. The van der Waals surface area contributed by atoms with Gasteiger partial charge in [0.1, 0.15) is 34.5 Å². The fourth-order valence-electron chi connectivity index (χ4n) is 5.85. The van der Waals surface area contributed by atoms with Gasteiger partial charge in [-0.05, 0) is 61.2 Å². The Hall–Kier alpha value is -5.29. The van der Waals surface area contributed by atoms with Crippen LogP contribution in [0.2, 0.25) is 0 Å². The average molecular weight is 567 g/mol. The number of aliphatic hydroxyl groups is 2. The first kappa shape index (κ1) is 28.2. The zero-order valence-corrected chi connectivity index (χ0v) is 22.7. The fraction of sp³-hybridized carbons (Fsp3) is 0.206. The monoisotopic (exact) mass is 566 g/mol. The number of carbonyl (C=O) groups excluding carboxylic acids is 1. The van der Waals surface area contributed by atoms with Gasteiger partial charge in [-0.25, -0.2) is 0 Å². The molecular formula is C34H30O8. The summed E-state index contributed by atoms with van der Waals surface area (Å²) in [6.45, 7) is 1.90. The second-order valence-electron chi connectivity index (χ2n) is 10.7. The first-order valence-electron chi connectivity index (χ1n) is 13.4. The highest BCUT2D eigenvalue weighted by atomic mass is 16.3. The van der Waals surface area contributed by atoms with Crippen molar-refractivity contribution >= 4 is 17.9 Å². The molecule has 3 atom stereocenters. The minimum atomic E-state index is -0.805. The molecule has 0 aromatic heterocycles. The molecule has 0 heterocycles. The molecule has 3 aromatic carbocycles. The maximum Gasteiger partial charge on any atom is 0.171 e. The first-order chi connectivity index (χ1) is 20.0. The Morgan fingerprint density at radius 1 is 0.857 bits per heavy atom. The molecule has 2 aliphatic rings. The van der Waals surface area contributed by atoms with Crippen molar-refractivity contribution in [3.05, 3.63) is 112 Å². The Morgan fingerprint density at radius 2 is 1.57 bits per heavy atom. The van der Waals surface area contributed by atoms with Crippen molar-refractivity contribution in [1.29, 1.82) is 0 Å². The van der Waals surface area contributed by atoms with E-state index in [1.807, 2.05) is 13.0 Å². The van der Waals surface area contributed by atoms with Crippen LogP contribution in [0.1, 0.15) is 60.3 Å². The standard InChI is InChI=1S/C34H30O8/c1-18-10-28(25-7-5-21(35)16-31(25)40)33(34(42)26-8-6-22(36)17-32(26)41)29(11-18)27-14-19(4-9-30(27)39)2-3-20-12-23(37)15-24(38)13-20/h2-4,9,11-17,28-29,33,35,37-42H,6,8,10H2,1H3/b3-2+,34-26?. The number of carbonyl (C=O) groups is 1. The van der Waals surface area contributed by atoms with Gasteiger partial charge in [0.05, 0.1) is 0 Å². The molecule has 5 rings (SSSR count). The molecular weight excluding hydrogens is 536 g/mol. The second-order valence-corrected chi connectivity index (χ2v) is 10.7. The van der Waals surface area contributed by atoms with Gasteiger partial charge in [0.15, 0.2) is 11.5 Å². The maximum absolute atomic E-state index is 11.9. The topological polar surface area (TPSA) is 159 Å². The molecule has 2 aliphatic carbocycles. The molecule has 7 N–H and O–H groups in total. The lowest BCUT2D eigenvalue weighted by Gasteiger charge is -2.38. The third-order valence-corrected chi connectivity index (χ3v) is 7.73. The average Bonchev–Trinajstić information content (AvgIpc) is 2.91. The maximum atomic E-state index is 11.9. The quantitative estimate of drug-likeness (QED) is 0.106. The summed E-state index contributed by atoms with van der Waals surface area (Å²) in [4.78, 5) is 11.9. The number of rotatable bonds is 5. The molecule has 0 bridgehead atoms. The van der Waals surface area contributed by atoms with E-state index in [0.29, 0.717) is 28.7 Å². The molecule has 0 fully saturated rings. The van der Waals surface area contributed by atoms with Crippen molar-refractivity contribution in [3.8, 4) is 28.7 Å². The van der Waals surface area contributed by atoms with Crippen molar-refractivity contribution in [1.82, 2.24) is 0 Å². The van der Waals surface area contributed by atoms with Crippen LogP contribution in [-0.2, 0) is 4.79 Å². The van der Waals surface area contributed by atoms with Crippen LogP contribution in [0.4, 0.5) is 0 Å². The third-order valence-electron chi connectivity index (χ3n) is 7.73. The molecule has 214 valence electrons. The molecule has 0 radical (unpaired) electrons. The lowest BCUT2D eigenvalue weighted by molar-refractivity contribution is -0.115. The minimum Gasteiger partial charge on any atom is -0.512 e. The molecule has 0 saturated heterocycles. The number of benzene rings is 2. The zero-order valence-electron chi connectivity index (χ0n) is 22.7. The summed E-state index contributed by atoms with van der Waals surface area (Å²) in [6, 6.07) is 15.7. The van der Waals surface area contributed by atoms with Gasteiger partial charge >= 0.3 is 0 Å². The lowest BCUT2D eigenvalue weighted by atomic mass is 9.66. The number of aromatic hydroxyl groups is 5. The number of aliphatic hydroxyl groups excluding tert-OH is 2. The van der Waals surface area contributed by atoms with E-state index in [2.05, 4.69) is 12.1 Å². The van der Waals surface area contributed by atoms with Gasteiger partial charge in [0.2, 0.25) is 0 Å². The van der Waals surface area contributed by atoms with Gasteiger partial charge in [0.25, 0.3) is 0 Å². The number of ketones is 1. The zero-order chi connectivity index (χ0) is 30.1. The second kappa shape index (κ2) is 11.3. The molecule has 0 aliphatic heterocycles. The van der Waals surface area contributed by atoms with E-state index in [1.165, 1.54) is 24.3 Å². The molecule has 42 heavy (non-hydrogen) atoms. The van der Waals surface area contributed by atoms with E-state index < -0.39 is 17.8 Å². The van der Waals surface area contributed by atoms with Crippen molar-refractivity contribution < 1.29 is 40.5 Å². The third kappa shape index (κ3) is 5.77. The van der Waals surface area contributed by atoms with Gasteiger partial charge in [-0.15, -0.1) is 0 Å². The van der Waals surface area contributed by atoms with Crippen LogP contribution >= 0.6 is 0 Å². The molecule has 3 unspecified atom stereocenters. The molecule has 0 saturated carbocycles. The van der Waals surface area contributed by atoms with Crippen LogP contribution in [0.25, 0.3) is 12.2 Å². The summed E-state index contributed by atoms with van der Waals surface area (Å²) >= 11 is 0. The first-order valence-corrected chi connectivity index (χ1v) is 13.4. The molecule has 0 amide bonds. The van der Waals surface area contributed by atoms with Crippen LogP contribution in [0.5, 0.6) is 28.7 Å². The number of phenols is 3. The van der Waals surface area contributed by atoms with E-state index in [9.17, 15) is 40.5 Å². The Bertz CT molecular complexity index is 1660. The summed E-state index contributed by atoms with van der Waals surface area (Å²) in [5, 5.41) is 73.6. The molecule has 8 nitrogen and oxygen atoms in total. The van der Waals surface area contributed by atoms with Gasteiger partial charge < -0.3 is 35.7 Å². The minimum absolute atomic E-state index is 0.0382. The summed E-state index contributed by atoms with van der Waals surface area (Å²) in [5.41, 5.74) is 3.13. The van der Waals surface area contributed by atoms with Gasteiger partial charge in [-0.1, -0.05) is 35.9 Å². The summed E-state index contributed by atoms with van der Waals surface area (Å²) in [7, 11) is 0. The molecule has 3 aromatic rings. The smallest absolute Gasteiger partial charge is 0.171 e. The SMILES string of the molecule is CC1=CC(c2cc(/C=C/c3cc(O)cc(O)c3)ccc2O)C(C(O)=C2CCC(=O)C=C2O)C(c2c#cc(O)cc2O)C1. The summed E-state index contributed by atoms with van der Waals surface area (Å²) in [5.74, 6) is -3.54. The number of hydrogen-bond acceptors (Lipinski definition) is 8. The number of phenolic OH excluding ortho intramolecular Hbond substituents is 3. The van der Waals surface area contributed by atoms with Gasteiger partial charge in [-0.3, -0.25) is 4.79 Å². The predicted octanol–water partition coefficient (Wildman–Crippen LogP) is 6.44. The highest BCUT2D eigenvalue weighted by Gasteiger charge is 2.41. The van der Waals surface area contributed by atoms with Crippen LogP contribution in [-0.4, -0.2) is 41.5 Å². The van der Waals surface area contributed by atoms with Gasteiger partial charge in [-0.2, -0.15) is 0 Å². The van der Waals surface area contributed by atoms with E-state index in [-0.39, 0.29) is 64.5 Å². The fourth-order valence-corrected chi connectivity index (χ4v) is 5.85. The Morgan fingerprint density at radius 3 is 2.26 bits per heavy atom.